The average molecular weight is 592 g/mol. The van der Waals surface area contributed by atoms with Crippen LogP contribution in [0.5, 0.6) is 5.75 Å². The van der Waals surface area contributed by atoms with Gasteiger partial charge in [-0.3, -0.25) is 0 Å². The number of fused-ring (bicyclic) bond motifs is 3. The minimum Gasteiger partial charge on any atom is -0.490 e. The summed E-state index contributed by atoms with van der Waals surface area (Å²) in [6.07, 6.45) is 3.26. The monoisotopic (exact) mass is 590 g/mol. The van der Waals surface area contributed by atoms with E-state index in [0.29, 0.717) is 37.3 Å². The number of sulfone groups is 1. The molecule has 4 rings (SSSR count). The van der Waals surface area contributed by atoms with E-state index in [1.54, 1.807) is 12.1 Å². The molecule has 2 aliphatic heterocycles. The van der Waals surface area contributed by atoms with E-state index in [1.165, 1.54) is 0 Å². The van der Waals surface area contributed by atoms with Crippen molar-refractivity contribution < 1.29 is 26.7 Å². The summed E-state index contributed by atoms with van der Waals surface area (Å²) in [4.78, 5) is 0. The Morgan fingerprint density at radius 1 is 1.03 bits per heavy atom. The molecule has 212 valence electrons. The maximum absolute atomic E-state index is 15.4. The van der Waals surface area contributed by atoms with Crippen LogP contribution in [0.25, 0.3) is 0 Å². The number of hydrogen-bond donors (Lipinski definition) is 0. The molecule has 0 amide bonds. The number of hydrogen-bond acceptors (Lipinski definition) is 4. The molecular formula is C29H38Cl2F2O4S. The van der Waals surface area contributed by atoms with Crippen LogP contribution in [0.4, 0.5) is 8.78 Å². The molecule has 3 atom stereocenters. The van der Waals surface area contributed by atoms with Crippen molar-refractivity contribution in [2.45, 2.75) is 70.8 Å². The SMILES string of the molecule is CC(C)(C)CCCCS(=O)(=O)CC[C@@H]1OCC[C@@]2(Cc3ccc(Cl)cc3)c3c(F)ccc(F)c3OC[C@@H]12.Cl. The second-order valence-electron chi connectivity index (χ2n) is 11.7. The summed E-state index contributed by atoms with van der Waals surface area (Å²) in [6.45, 7) is 6.92. The van der Waals surface area contributed by atoms with Gasteiger partial charge in [-0.1, -0.05) is 50.9 Å². The molecule has 4 nitrogen and oxygen atoms in total. The third-order valence-electron chi connectivity index (χ3n) is 7.78. The minimum absolute atomic E-state index is 0. The second kappa shape index (κ2) is 12.4. The van der Waals surface area contributed by atoms with Gasteiger partial charge >= 0.3 is 0 Å². The van der Waals surface area contributed by atoms with Crippen LogP contribution in [0.2, 0.25) is 5.02 Å². The predicted octanol–water partition coefficient (Wildman–Crippen LogP) is 7.34. The molecule has 1 saturated heterocycles. The van der Waals surface area contributed by atoms with Gasteiger partial charge in [-0.25, -0.2) is 17.2 Å². The van der Waals surface area contributed by atoms with E-state index in [9.17, 15) is 12.8 Å². The molecule has 0 spiro atoms. The van der Waals surface area contributed by atoms with E-state index in [-0.39, 0.29) is 53.2 Å². The van der Waals surface area contributed by atoms with Gasteiger partial charge in [0.2, 0.25) is 0 Å². The molecular weight excluding hydrogens is 553 g/mol. The Morgan fingerprint density at radius 2 is 1.71 bits per heavy atom. The zero-order chi connectivity index (χ0) is 26.8. The van der Waals surface area contributed by atoms with Gasteiger partial charge in [-0.05, 0) is 67.3 Å². The number of benzene rings is 2. The largest absolute Gasteiger partial charge is 0.490 e. The van der Waals surface area contributed by atoms with Crippen LogP contribution in [0.15, 0.2) is 36.4 Å². The first-order chi connectivity index (χ1) is 17.4. The number of rotatable bonds is 9. The lowest BCUT2D eigenvalue weighted by Crippen LogP contribution is -2.55. The maximum Gasteiger partial charge on any atom is 0.165 e. The van der Waals surface area contributed by atoms with Gasteiger partial charge in [-0.15, -0.1) is 12.4 Å². The van der Waals surface area contributed by atoms with E-state index in [4.69, 9.17) is 21.1 Å². The molecule has 2 aromatic rings. The van der Waals surface area contributed by atoms with E-state index in [2.05, 4.69) is 20.8 Å². The van der Waals surface area contributed by atoms with Gasteiger partial charge in [-0.2, -0.15) is 0 Å². The third-order valence-corrected chi connectivity index (χ3v) is 9.80. The molecule has 9 heteroatoms. The lowest BCUT2D eigenvalue weighted by molar-refractivity contribution is -0.0963. The fourth-order valence-electron chi connectivity index (χ4n) is 5.87. The van der Waals surface area contributed by atoms with Crippen molar-refractivity contribution in [1.82, 2.24) is 0 Å². The Kier molecular flexibility index (Phi) is 10.2. The van der Waals surface area contributed by atoms with Crippen molar-refractivity contribution in [1.29, 1.82) is 0 Å². The molecule has 0 aliphatic carbocycles. The molecule has 2 heterocycles. The summed E-state index contributed by atoms with van der Waals surface area (Å²) < 4.78 is 67.8. The predicted molar refractivity (Wildman–Crippen MR) is 150 cm³/mol. The zero-order valence-electron chi connectivity index (χ0n) is 22.3. The highest BCUT2D eigenvalue weighted by molar-refractivity contribution is 7.91. The first-order valence-electron chi connectivity index (χ1n) is 13.1. The summed E-state index contributed by atoms with van der Waals surface area (Å²) in [7, 11) is -3.26. The highest BCUT2D eigenvalue weighted by Gasteiger charge is 2.53. The Morgan fingerprint density at radius 3 is 2.39 bits per heavy atom. The molecule has 0 saturated carbocycles. The second-order valence-corrected chi connectivity index (χ2v) is 14.5. The fraction of sp³-hybridized carbons (Fsp3) is 0.586. The topological polar surface area (TPSA) is 52.6 Å². The first-order valence-corrected chi connectivity index (χ1v) is 15.3. The van der Waals surface area contributed by atoms with Crippen molar-refractivity contribution in [3.05, 3.63) is 64.2 Å². The zero-order valence-corrected chi connectivity index (χ0v) is 24.7. The molecule has 1 fully saturated rings. The smallest absolute Gasteiger partial charge is 0.165 e. The van der Waals surface area contributed by atoms with Crippen LogP contribution in [0.3, 0.4) is 0 Å². The molecule has 0 radical (unpaired) electrons. The quantitative estimate of drug-likeness (QED) is 0.287. The van der Waals surface area contributed by atoms with Crippen LogP contribution < -0.4 is 4.74 Å². The molecule has 0 unspecified atom stereocenters. The maximum atomic E-state index is 15.4. The number of ether oxygens (including phenoxy) is 2. The lowest BCUT2D eigenvalue weighted by Gasteiger charge is -2.51. The van der Waals surface area contributed by atoms with E-state index >= 15 is 4.39 Å². The van der Waals surface area contributed by atoms with Gasteiger partial charge < -0.3 is 9.47 Å². The highest BCUT2D eigenvalue weighted by Crippen LogP contribution is 2.52. The molecule has 0 bridgehead atoms. The molecule has 0 N–H and O–H groups in total. The van der Waals surface area contributed by atoms with Gasteiger partial charge in [0.1, 0.15) is 15.7 Å². The summed E-state index contributed by atoms with van der Waals surface area (Å²) in [5.74, 6) is -1.32. The van der Waals surface area contributed by atoms with Gasteiger partial charge in [0.25, 0.3) is 0 Å². The highest BCUT2D eigenvalue weighted by atomic mass is 35.5. The summed E-state index contributed by atoms with van der Waals surface area (Å²) in [5, 5.41) is 0.597. The Hall–Kier alpha value is -1.41. The van der Waals surface area contributed by atoms with Crippen molar-refractivity contribution in [3.8, 4) is 5.75 Å². The summed E-state index contributed by atoms with van der Waals surface area (Å²) in [5.41, 5.74) is 0.571. The van der Waals surface area contributed by atoms with Crippen LogP contribution in [-0.2, 0) is 26.4 Å². The van der Waals surface area contributed by atoms with Crippen molar-refractivity contribution in [2.75, 3.05) is 24.7 Å². The molecule has 0 aromatic heterocycles. The van der Waals surface area contributed by atoms with Gasteiger partial charge in [0.15, 0.2) is 11.6 Å². The van der Waals surface area contributed by atoms with Crippen molar-refractivity contribution in [3.63, 3.8) is 0 Å². The molecule has 2 aromatic carbocycles. The standard InChI is InChI=1S/C29H37ClF2O4S.ClH/c1-28(2,3)13-4-5-16-37(33,34)17-12-25-22-19-36-27-24(32)11-10-23(31)26(27)29(22,14-15-35-25)18-20-6-8-21(30)9-7-20;/h6-11,22,25H,4-5,12-19H2,1-3H3;1H/t22-,25-,29-;/m0./s1. The Bertz CT molecular complexity index is 1200. The van der Waals surface area contributed by atoms with Crippen molar-refractivity contribution in [2.24, 2.45) is 11.3 Å². The van der Waals surface area contributed by atoms with E-state index in [0.717, 1.165) is 30.5 Å². The summed E-state index contributed by atoms with van der Waals surface area (Å²) in [6, 6.07) is 9.60. The fourth-order valence-corrected chi connectivity index (χ4v) is 7.44. The molecule has 2 aliphatic rings. The van der Waals surface area contributed by atoms with Gasteiger partial charge in [0.05, 0.1) is 24.2 Å². The lowest BCUT2D eigenvalue weighted by atomic mass is 9.60. The van der Waals surface area contributed by atoms with Crippen LogP contribution in [-0.4, -0.2) is 39.2 Å². The van der Waals surface area contributed by atoms with Crippen molar-refractivity contribution >= 4 is 33.8 Å². The van der Waals surface area contributed by atoms with Crippen LogP contribution in [0, 0.1) is 23.0 Å². The number of unbranched alkanes of at least 4 members (excludes halogenated alkanes) is 1. The van der Waals surface area contributed by atoms with E-state index in [1.807, 2.05) is 12.1 Å². The number of halogens is 4. The Balaban J connectivity index is 0.00000400. The average Bonchev–Trinajstić information content (AvgIpc) is 2.83. The third kappa shape index (κ3) is 7.21. The van der Waals surface area contributed by atoms with Crippen LogP contribution in [0.1, 0.15) is 64.0 Å². The van der Waals surface area contributed by atoms with E-state index < -0.39 is 33.0 Å². The van der Waals surface area contributed by atoms with Crippen LogP contribution >= 0.6 is 24.0 Å². The minimum atomic E-state index is -3.26. The summed E-state index contributed by atoms with van der Waals surface area (Å²) >= 11 is 6.09. The normalized spacial score (nSPS) is 23.1. The Labute approximate surface area is 236 Å². The van der Waals surface area contributed by atoms with Gasteiger partial charge in [0, 0.05) is 28.5 Å². The molecule has 38 heavy (non-hydrogen) atoms. The first kappa shape index (κ1) is 31.1.